The van der Waals surface area contributed by atoms with E-state index in [1.807, 2.05) is 12.1 Å². The number of nitrogens with zero attached hydrogens (tertiary/aromatic N) is 1. The summed E-state index contributed by atoms with van der Waals surface area (Å²) in [5.74, 6) is 0.921. The van der Waals surface area contributed by atoms with E-state index in [0.717, 1.165) is 18.7 Å². The van der Waals surface area contributed by atoms with Crippen molar-refractivity contribution in [3.63, 3.8) is 0 Å². The molecular formula is C17H25NO. The highest BCUT2D eigenvalue weighted by Crippen LogP contribution is 2.31. The lowest BCUT2D eigenvalue weighted by Gasteiger charge is -2.26. The second-order valence-corrected chi connectivity index (χ2v) is 5.43. The van der Waals surface area contributed by atoms with Gasteiger partial charge in [0.15, 0.2) is 0 Å². The van der Waals surface area contributed by atoms with Gasteiger partial charge in [-0.05, 0) is 37.1 Å². The zero-order valence-corrected chi connectivity index (χ0v) is 12.2. The Balaban J connectivity index is 2.04. The van der Waals surface area contributed by atoms with Crippen LogP contribution >= 0.6 is 0 Å². The Morgan fingerprint density at radius 3 is 2.63 bits per heavy atom. The lowest BCUT2D eigenvalue weighted by molar-refractivity contribution is 0.415. The summed E-state index contributed by atoms with van der Waals surface area (Å²) in [4.78, 5) is 2.50. The molecule has 2 nitrogen and oxygen atoms in total. The van der Waals surface area contributed by atoms with Crippen LogP contribution in [0.15, 0.2) is 36.4 Å². The molecule has 1 aliphatic heterocycles. The predicted molar refractivity (Wildman–Crippen MR) is 82.0 cm³/mol. The largest absolute Gasteiger partial charge is 0.497 e. The van der Waals surface area contributed by atoms with Crippen molar-refractivity contribution in [3.8, 4) is 5.75 Å². The molecule has 1 fully saturated rings. The van der Waals surface area contributed by atoms with E-state index in [9.17, 15) is 0 Å². The van der Waals surface area contributed by atoms with Crippen LogP contribution in [-0.2, 0) is 0 Å². The molecule has 2 rings (SSSR count). The van der Waals surface area contributed by atoms with Gasteiger partial charge in [0.25, 0.3) is 0 Å². The molecule has 1 heterocycles. The average Bonchev–Trinajstić information content (AvgIpc) is 2.80. The topological polar surface area (TPSA) is 12.5 Å². The fourth-order valence-electron chi connectivity index (χ4n) is 2.84. The standard InChI is InChI=1S/C17H25NO/c1-4-5-6-7-16-12-14(2)13-18(16)15-8-10-17(19-3)11-9-15/h8-11,16H,2,4-7,12-13H2,1,3H3. The maximum atomic E-state index is 5.22. The van der Waals surface area contributed by atoms with Crippen LogP contribution in [0.3, 0.4) is 0 Å². The number of hydrogen-bond donors (Lipinski definition) is 0. The van der Waals surface area contributed by atoms with Crippen LogP contribution < -0.4 is 9.64 Å². The minimum absolute atomic E-state index is 0.632. The Hall–Kier alpha value is -1.44. The minimum atomic E-state index is 0.632. The van der Waals surface area contributed by atoms with E-state index in [0.29, 0.717) is 6.04 Å². The molecule has 0 saturated carbocycles. The lowest BCUT2D eigenvalue weighted by atomic mass is 10.0. The van der Waals surface area contributed by atoms with Crippen LogP contribution in [0.2, 0.25) is 0 Å². The first-order valence-electron chi connectivity index (χ1n) is 7.32. The molecule has 0 aromatic heterocycles. The molecule has 0 amide bonds. The van der Waals surface area contributed by atoms with Gasteiger partial charge < -0.3 is 9.64 Å². The summed E-state index contributed by atoms with van der Waals surface area (Å²) < 4.78 is 5.22. The van der Waals surface area contributed by atoms with Crippen LogP contribution in [-0.4, -0.2) is 19.7 Å². The summed E-state index contributed by atoms with van der Waals surface area (Å²) >= 11 is 0. The number of methoxy groups -OCH3 is 1. The molecule has 104 valence electrons. The summed E-state index contributed by atoms with van der Waals surface area (Å²) in [5.41, 5.74) is 2.65. The molecule has 0 spiro atoms. The maximum Gasteiger partial charge on any atom is 0.119 e. The van der Waals surface area contributed by atoms with Crippen LogP contribution in [0.4, 0.5) is 5.69 Å². The van der Waals surface area contributed by atoms with Gasteiger partial charge in [-0.15, -0.1) is 0 Å². The van der Waals surface area contributed by atoms with Gasteiger partial charge in [-0.2, -0.15) is 0 Å². The van der Waals surface area contributed by atoms with Gasteiger partial charge in [-0.3, -0.25) is 0 Å². The van der Waals surface area contributed by atoms with Crippen molar-refractivity contribution in [3.05, 3.63) is 36.4 Å². The van der Waals surface area contributed by atoms with E-state index in [1.54, 1.807) is 7.11 Å². The van der Waals surface area contributed by atoms with Crippen molar-refractivity contribution in [2.75, 3.05) is 18.6 Å². The summed E-state index contributed by atoms with van der Waals surface area (Å²) in [6.45, 7) is 7.44. The predicted octanol–water partition coefficient (Wildman–Crippen LogP) is 4.41. The third-order valence-corrected chi connectivity index (χ3v) is 3.90. The highest BCUT2D eigenvalue weighted by molar-refractivity contribution is 5.53. The zero-order valence-electron chi connectivity index (χ0n) is 12.2. The maximum absolute atomic E-state index is 5.22. The Morgan fingerprint density at radius 2 is 2.00 bits per heavy atom. The summed E-state index contributed by atoms with van der Waals surface area (Å²) in [5, 5.41) is 0. The lowest BCUT2D eigenvalue weighted by Crippen LogP contribution is -2.28. The van der Waals surface area contributed by atoms with E-state index in [-0.39, 0.29) is 0 Å². The first-order valence-corrected chi connectivity index (χ1v) is 7.32. The zero-order chi connectivity index (χ0) is 13.7. The van der Waals surface area contributed by atoms with Gasteiger partial charge in [-0.1, -0.05) is 38.3 Å². The highest BCUT2D eigenvalue weighted by Gasteiger charge is 2.26. The van der Waals surface area contributed by atoms with E-state index in [1.165, 1.54) is 36.9 Å². The second-order valence-electron chi connectivity index (χ2n) is 5.43. The normalized spacial score (nSPS) is 18.9. The fourth-order valence-corrected chi connectivity index (χ4v) is 2.84. The van der Waals surface area contributed by atoms with E-state index in [4.69, 9.17) is 4.74 Å². The van der Waals surface area contributed by atoms with Gasteiger partial charge in [0.2, 0.25) is 0 Å². The van der Waals surface area contributed by atoms with Crippen LogP contribution in [0.1, 0.15) is 39.0 Å². The molecule has 1 unspecified atom stereocenters. The molecule has 1 saturated heterocycles. The van der Waals surface area contributed by atoms with E-state index >= 15 is 0 Å². The second kappa shape index (κ2) is 6.65. The third-order valence-electron chi connectivity index (χ3n) is 3.90. The molecule has 1 aliphatic rings. The molecule has 1 atom stereocenters. The van der Waals surface area contributed by atoms with Crippen molar-refractivity contribution in [2.24, 2.45) is 0 Å². The smallest absolute Gasteiger partial charge is 0.119 e. The molecule has 0 aliphatic carbocycles. The van der Waals surface area contributed by atoms with Crippen molar-refractivity contribution < 1.29 is 4.74 Å². The molecule has 0 radical (unpaired) electrons. The quantitative estimate of drug-likeness (QED) is 0.554. The number of benzene rings is 1. The minimum Gasteiger partial charge on any atom is -0.497 e. The molecule has 2 heteroatoms. The Kier molecular flexibility index (Phi) is 4.89. The summed E-state index contributed by atoms with van der Waals surface area (Å²) in [6, 6.07) is 9.03. The van der Waals surface area contributed by atoms with Gasteiger partial charge in [0.1, 0.15) is 5.75 Å². The van der Waals surface area contributed by atoms with Crippen molar-refractivity contribution in [2.45, 2.75) is 45.1 Å². The molecule has 19 heavy (non-hydrogen) atoms. The average molecular weight is 259 g/mol. The van der Waals surface area contributed by atoms with Crippen molar-refractivity contribution in [1.29, 1.82) is 0 Å². The number of anilines is 1. The first kappa shape index (κ1) is 14.0. The van der Waals surface area contributed by atoms with E-state index in [2.05, 4.69) is 30.5 Å². The van der Waals surface area contributed by atoms with Gasteiger partial charge in [-0.25, -0.2) is 0 Å². The van der Waals surface area contributed by atoms with Crippen molar-refractivity contribution >= 4 is 5.69 Å². The molecule has 0 bridgehead atoms. The monoisotopic (exact) mass is 259 g/mol. The molecular weight excluding hydrogens is 234 g/mol. The SMILES string of the molecule is C=C1CC(CCCCC)N(c2ccc(OC)cc2)C1. The van der Waals surface area contributed by atoms with Gasteiger partial charge in [0.05, 0.1) is 7.11 Å². The number of rotatable bonds is 6. The number of ether oxygens (including phenoxy) is 1. The third kappa shape index (κ3) is 3.52. The highest BCUT2D eigenvalue weighted by atomic mass is 16.5. The Morgan fingerprint density at radius 1 is 1.26 bits per heavy atom. The van der Waals surface area contributed by atoms with Gasteiger partial charge >= 0.3 is 0 Å². The summed E-state index contributed by atoms with van der Waals surface area (Å²) in [7, 11) is 1.71. The van der Waals surface area contributed by atoms with Gasteiger partial charge in [0, 0.05) is 18.3 Å². The van der Waals surface area contributed by atoms with Crippen LogP contribution in [0, 0.1) is 0 Å². The molecule has 1 aromatic rings. The number of unbranched alkanes of at least 4 members (excludes halogenated alkanes) is 2. The first-order chi connectivity index (χ1) is 9.24. The Bertz CT molecular complexity index is 410. The van der Waals surface area contributed by atoms with Crippen molar-refractivity contribution in [1.82, 2.24) is 0 Å². The molecule has 1 aromatic carbocycles. The number of hydrogen-bond acceptors (Lipinski definition) is 2. The fraction of sp³-hybridized carbons (Fsp3) is 0.529. The molecule has 0 N–H and O–H groups in total. The van der Waals surface area contributed by atoms with Crippen LogP contribution in [0.5, 0.6) is 5.75 Å². The van der Waals surface area contributed by atoms with E-state index < -0.39 is 0 Å². The van der Waals surface area contributed by atoms with Crippen LogP contribution in [0.25, 0.3) is 0 Å². The summed E-state index contributed by atoms with van der Waals surface area (Å²) in [6.07, 6.45) is 6.37. The Labute approximate surface area is 117 Å².